The molecule has 34 heavy (non-hydrogen) atoms. The summed E-state index contributed by atoms with van der Waals surface area (Å²) >= 11 is 0. The molecule has 6 rings (SSSR count). The molecule has 2 N–H and O–H groups in total. The molecule has 1 aliphatic carbocycles. The van der Waals surface area contributed by atoms with Crippen molar-refractivity contribution < 1.29 is 12.4 Å². The molecule has 3 aromatic rings. The van der Waals surface area contributed by atoms with E-state index in [0.29, 0.717) is 12.2 Å². The van der Waals surface area contributed by atoms with Crippen LogP contribution < -0.4 is 10.2 Å². The van der Waals surface area contributed by atoms with Crippen molar-refractivity contribution in [3.63, 3.8) is 0 Å². The van der Waals surface area contributed by atoms with Crippen molar-refractivity contribution in [3.05, 3.63) is 94.3 Å². The third kappa shape index (κ3) is 3.75. The van der Waals surface area contributed by atoms with E-state index in [4.69, 9.17) is 4.99 Å². The number of aliphatic imine (C=N–C) groups is 1. The van der Waals surface area contributed by atoms with Crippen LogP contribution in [0.5, 0.6) is 0 Å². The molecule has 3 aliphatic rings. The normalized spacial score (nSPS) is 17.7. The second-order valence-electron chi connectivity index (χ2n) is 8.33. The van der Waals surface area contributed by atoms with Gasteiger partial charge in [0.1, 0.15) is 5.69 Å². The number of aromatic amines is 1. The molecule has 2 amide bonds. The number of rotatable bonds is 3. The molecule has 3 heterocycles. The monoisotopic (exact) mass is 456 g/mol. The zero-order valence-electron chi connectivity index (χ0n) is 19.5. The molecular formula is C28H32N4O2. The zero-order valence-corrected chi connectivity index (χ0v) is 19.5. The number of nitrogens with one attached hydrogen (secondary N) is 2. The number of aryl methyl sites for hydroxylation is 1. The lowest BCUT2D eigenvalue weighted by molar-refractivity contribution is -0.120. The fraction of sp³-hybridized carbons (Fsp3) is 0.250. The van der Waals surface area contributed by atoms with E-state index < -0.39 is 6.17 Å². The van der Waals surface area contributed by atoms with Crippen LogP contribution in [0.4, 0.5) is 5.69 Å². The van der Waals surface area contributed by atoms with Crippen LogP contribution >= 0.6 is 0 Å². The van der Waals surface area contributed by atoms with E-state index in [1.54, 1.807) is 4.90 Å². The van der Waals surface area contributed by atoms with Crippen LogP contribution in [0.1, 0.15) is 61.6 Å². The van der Waals surface area contributed by atoms with Gasteiger partial charge >= 0.3 is 0 Å². The van der Waals surface area contributed by atoms with Crippen molar-refractivity contribution in [2.45, 2.75) is 39.3 Å². The molecule has 0 radical (unpaired) electrons. The average molecular weight is 457 g/mol. The van der Waals surface area contributed by atoms with Gasteiger partial charge in [-0.15, -0.1) is 0 Å². The Morgan fingerprint density at radius 2 is 1.94 bits per heavy atom. The lowest BCUT2D eigenvalue weighted by Gasteiger charge is -2.20. The van der Waals surface area contributed by atoms with E-state index in [9.17, 15) is 9.59 Å². The Labute approximate surface area is 202 Å². The number of H-pyrrole nitrogens is 1. The topological polar surface area (TPSA) is 77.6 Å². The Balaban J connectivity index is 0.000000882. The number of amides is 2. The molecule has 2 aliphatic heterocycles. The van der Waals surface area contributed by atoms with Crippen LogP contribution in [0.2, 0.25) is 0 Å². The van der Waals surface area contributed by atoms with E-state index in [-0.39, 0.29) is 14.7 Å². The fourth-order valence-corrected chi connectivity index (χ4v) is 4.82. The highest BCUT2D eigenvalue weighted by atomic mass is 16.2. The maximum absolute atomic E-state index is 13.5. The summed E-state index contributed by atoms with van der Waals surface area (Å²) in [5.41, 5.74) is 7.15. The first kappa shape index (κ1) is 21.9. The van der Waals surface area contributed by atoms with Crippen LogP contribution in [-0.2, 0) is 17.6 Å². The number of benzene rings is 2. The Kier molecular flexibility index (Phi) is 5.88. The zero-order chi connectivity index (χ0) is 23.7. The van der Waals surface area contributed by atoms with Gasteiger partial charge in [-0.05, 0) is 36.5 Å². The molecule has 0 saturated carbocycles. The van der Waals surface area contributed by atoms with Crippen LogP contribution in [0.25, 0.3) is 6.08 Å². The van der Waals surface area contributed by atoms with Crippen molar-refractivity contribution in [1.82, 2.24) is 10.3 Å². The van der Waals surface area contributed by atoms with Crippen LogP contribution in [0.15, 0.2) is 65.7 Å². The predicted octanol–water partition coefficient (Wildman–Crippen LogP) is 4.99. The van der Waals surface area contributed by atoms with Crippen molar-refractivity contribution in [2.75, 3.05) is 11.4 Å². The lowest BCUT2D eigenvalue weighted by atomic mass is 9.98. The van der Waals surface area contributed by atoms with E-state index >= 15 is 0 Å². The van der Waals surface area contributed by atoms with Gasteiger partial charge in [0.2, 0.25) is 6.17 Å². The number of hydrogen-bond donors (Lipinski definition) is 2. The average Bonchev–Trinajstić information content (AvgIpc) is 3.50. The summed E-state index contributed by atoms with van der Waals surface area (Å²) in [5, 5.41) is 2.88. The summed E-state index contributed by atoms with van der Waals surface area (Å²) in [6, 6.07) is 17.7. The number of aromatic nitrogens is 1. The molecule has 1 aromatic heterocycles. The van der Waals surface area contributed by atoms with E-state index in [1.165, 1.54) is 0 Å². The van der Waals surface area contributed by atoms with E-state index in [0.717, 1.165) is 58.6 Å². The largest absolute Gasteiger partial charge is 0.354 e. The first-order valence-electron chi connectivity index (χ1n) is 12.0. The van der Waals surface area contributed by atoms with Gasteiger partial charge in [0.25, 0.3) is 11.8 Å². The maximum atomic E-state index is 13.5. The number of fused-ring (bicyclic) bond motifs is 1. The SMILES string of the molecule is CC.O=C(NC1N=C(c2ccccc2)c2cccc3c2N(CC3)C1=O)c1cc2c([nH]1)CCC=C2.[HH].[HH]. The quantitative estimate of drug-likeness (QED) is 0.583. The lowest BCUT2D eigenvalue weighted by Crippen LogP contribution is -2.47. The number of para-hydroxylation sites is 1. The summed E-state index contributed by atoms with van der Waals surface area (Å²) in [5.74, 6) is -0.528. The van der Waals surface area contributed by atoms with Gasteiger partial charge in [-0.2, -0.15) is 0 Å². The van der Waals surface area contributed by atoms with Crippen LogP contribution in [0, 0.1) is 0 Å². The van der Waals surface area contributed by atoms with Gasteiger partial charge in [-0.1, -0.05) is 74.5 Å². The predicted molar refractivity (Wildman–Crippen MR) is 140 cm³/mol. The Morgan fingerprint density at radius 1 is 1.12 bits per heavy atom. The molecule has 0 bridgehead atoms. The highest BCUT2D eigenvalue weighted by molar-refractivity contribution is 6.21. The highest BCUT2D eigenvalue weighted by Crippen LogP contribution is 2.36. The summed E-state index contributed by atoms with van der Waals surface area (Å²) in [4.78, 5) is 36.4. The smallest absolute Gasteiger partial charge is 0.272 e. The minimum atomic E-state index is -0.994. The first-order valence-corrected chi connectivity index (χ1v) is 12.0. The number of nitrogens with zero attached hydrogens (tertiary/aromatic N) is 2. The first-order chi connectivity index (χ1) is 16.7. The molecule has 6 heteroatoms. The third-order valence-corrected chi connectivity index (χ3v) is 6.36. The number of anilines is 1. The van der Waals surface area contributed by atoms with Gasteiger partial charge in [-0.3, -0.25) is 9.59 Å². The number of hydrogen-bond acceptors (Lipinski definition) is 3. The molecule has 176 valence electrons. The van der Waals surface area contributed by atoms with Gasteiger partial charge in [0, 0.05) is 26.2 Å². The molecule has 0 spiro atoms. The van der Waals surface area contributed by atoms with Gasteiger partial charge in [0.15, 0.2) is 0 Å². The molecule has 1 atom stereocenters. The number of allylic oxidation sites excluding steroid dienone is 1. The standard InChI is InChI=1S/C26H22N4O2.C2H6.2H2/c31-25(21-15-18-9-4-5-12-20(18)27-21)29-24-26(32)30-14-13-17-10-6-11-19(23(17)30)22(28-24)16-7-2-1-3-8-16;1-2;;/h1-4,6-11,15,24,27H,5,12-14H2,(H,29,31);1-2H3;2*1H. The van der Waals surface area contributed by atoms with Gasteiger partial charge < -0.3 is 15.2 Å². The summed E-state index contributed by atoms with van der Waals surface area (Å²) in [6.45, 7) is 4.59. The summed E-state index contributed by atoms with van der Waals surface area (Å²) in [7, 11) is 0. The third-order valence-electron chi connectivity index (χ3n) is 6.36. The fourth-order valence-electron chi connectivity index (χ4n) is 4.82. The van der Waals surface area contributed by atoms with Gasteiger partial charge in [0.05, 0.1) is 11.4 Å². The molecule has 6 nitrogen and oxygen atoms in total. The van der Waals surface area contributed by atoms with Crippen molar-refractivity contribution in [1.29, 1.82) is 0 Å². The van der Waals surface area contributed by atoms with E-state index in [1.807, 2.05) is 68.5 Å². The maximum Gasteiger partial charge on any atom is 0.272 e. The van der Waals surface area contributed by atoms with Crippen LogP contribution in [-0.4, -0.2) is 35.2 Å². The highest BCUT2D eigenvalue weighted by Gasteiger charge is 2.37. The van der Waals surface area contributed by atoms with Gasteiger partial charge in [-0.25, -0.2) is 4.99 Å². The molecule has 1 unspecified atom stereocenters. The second kappa shape index (κ2) is 9.14. The molecule has 0 fully saturated rings. The van der Waals surface area contributed by atoms with Crippen molar-refractivity contribution >= 4 is 29.3 Å². The summed E-state index contributed by atoms with van der Waals surface area (Å²) in [6.07, 6.45) is 5.77. The molecule has 0 saturated heterocycles. The Morgan fingerprint density at radius 3 is 2.74 bits per heavy atom. The minimum absolute atomic E-state index is 0. The second-order valence-corrected chi connectivity index (χ2v) is 8.33. The minimum Gasteiger partial charge on any atom is -0.354 e. The van der Waals surface area contributed by atoms with E-state index in [2.05, 4.69) is 22.4 Å². The summed E-state index contributed by atoms with van der Waals surface area (Å²) < 4.78 is 0. The molecular weight excluding hydrogens is 424 g/mol. The van der Waals surface area contributed by atoms with Crippen molar-refractivity contribution in [2.24, 2.45) is 4.99 Å². The number of carbonyl (C=O) groups is 2. The Bertz CT molecular complexity index is 1310. The Hall–Kier alpha value is -3.93. The molecule has 2 aromatic carbocycles. The number of carbonyl (C=O) groups excluding carboxylic acids is 2. The van der Waals surface area contributed by atoms with Crippen molar-refractivity contribution in [3.8, 4) is 0 Å². The van der Waals surface area contributed by atoms with Crippen LogP contribution in [0.3, 0.4) is 0 Å².